The van der Waals surface area contributed by atoms with Crippen molar-refractivity contribution in [1.29, 1.82) is 0 Å². The number of nitrogens with zero attached hydrogens (tertiary/aromatic N) is 2. The zero-order valence-corrected chi connectivity index (χ0v) is 9.90. The van der Waals surface area contributed by atoms with Gasteiger partial charge in [-0.25, -0.2) is 13.6 Å². The van der Waals surface area contributed by atoms with Gasteiger partial charge >= 0.3 is 0 Å². The van der Waals surface area contributed by atoms with E-state index in [4.69, 9.17) is 9.88 Å². The molecule has 90 valence electrons. The second-order valence-corrected chi connectivity index (χ2v) is 5.51. The minimum absolute atomic E-state index is 0.128. The van der Waals surface area contributed by atoms with E-state index in [-0.39, 0.29) is 10.8 Å². The van der Waals surface area contributed by atoms with Crippen LogP contribution < -0.4 is 5.14 Å². The molecule has 0 spiro atoms. The second-order valence-electron chi connectivity index (χ2n) is 3.98. The molecule has 0 saturated carbocycles. The van der Waals surface area contributed by atoms with Crippen molar-refractivity contribution in [1.82, 2.24) is 9.78 Å². The largest absolute Gasteiger partial charge is 0.381 e. The number of nitrogens with two attached hydrogens (primary N) is 1. The van der Waals surface area contributed by atoms with Gasteiger partial charge in [0.2, 0.25) is 10.0 Å². The summed E-state index contributed by atoms with van der Waals surface area (Å²) in [5.41, 5.74) is 0.577. The summed E-state index contributed by atoms with van der Waals surface area (Å²) in [6.07, 6.45) is 3.04. The smallest absolute Gasteiger partial charge is 0.241 e. The minimum Gasteiger partial charge on any atom is -0.381 e. The number of hydrogen-bond acceptors (Lipinski definition) is 4. The topological polar surface area (TPSA) is 87.2 Å². The number of aryl methyl sites for hydroxylation is 1. The molecule has 0 aromatic carbocycles. The van der Waals surface area contributed by atoms with Gasteiger partial charge in [-0.15, -0.1) is 0 Å². The molecule has 2 heterocycles. The predicted molar refractivity (Wildman–Crippen MR) is 57.4 cm³/mol. The van der Waals surface area contributed by atoms with Gasteiger partial charge in [-0.05, 0) is 12.8 Å². The molecule has 2 N–H and O–H groups in total. The van der Waals surface area contributed by atoms with E-state index in [0.29, 0.717) is 18.9 Å². The SMILES string of the molecule is Cn1cc(S(N)(=O)=O)c(C2CCOCC2)n1. The van der Waals surface area contributed by atoms with Crippen LogP contribution in [0.4, 0.5) is 0 Å². The summed E-state index contributed by atoms with van der Waals surface area (Å²) < 4.78 is 29.5. The Morgan fingerprint density at radius 2 is 2.12 bits per heavy atom. The fourth-order valence-electron chi connectivity index (χ4n) is 1.96. The molecule has 0 atom stereocenters. The Bertz CT molecular complexity index is 474. The van der Waals surface area contributed by atoms with Crippen LogP contribution in [-0.4, -0.2) is 31.4 Å². The number of ether oxygens (including phenoxy) is 1. The minimum atomic E-state index is -3.69. The van der Waals surface area contributed by atoms with Crippen LogP contribution in [0.3, 0.4) is 0 Å². The fourth-order valence-corrected chi connectivity index (χ4v) is 2.76. The normalized spacial score (nSPS) is 18.9. The van der Waals surface area contributed by atoms with Gasteiger partial charge in [0.25, 0.3) is 0 Å². The highest BCUT2D eigenvalue weighted by atomic mass is 32.2. The van der Waals surface area contributed by atoms with Crippen LogP contribution >= 0.6 is 0 Å². The molecule has 1 aromatic heterocycles. The van der Waals surface area contributed by atoms with Crippen LogP contribution in [-0.2, 0) is 21.8 Å². The van der Waals surface area contributed by atoms with E-state index in [2.05, 4.69) is 5.10 Å². The predicted octanol–water partition coefficient (Wildman–Crippen LogP) is -0.0385. The highest BCUT2D eigenvalue weighted by molar-refractivity contribution is 7.89. The molecule has 7 heteroatoms. The Balaban J connectivity index is 2.39. The van der Waals surface area contributed by atoms with Crippen molar-refractivity contribution in [3.05, 3.63) is 11.9 Å². The zero-order chi connectivity index (χ0) is 11.8. The van der Waals surface area contributed by atoms with Crippen molar-refractivity contribution in [2.45, 2.75) is 23.7 Å². The third kappa shape index (κ3) is 2.26. The molecule has 0 unspecified atom stereocenters. The fraction of sp³-hybridized carbons (Fsp3) is 0.667. The Labute approximate surface area is 94.4 Å². The molecule has 6 nitrogen and oxygen atoms in total. The van der Waals surface area contributed by atoms with E-state index in [1.807, 2.05) is 0 Å². The van der Waals surface area contributed by atoms with Gasteiger partial charge in [0, 0.05) is 32.4 Å². The van der Waals surface area contributed by atoms with Gasteiger partial charge < -0.3 is 4.74 Å². The maximum absolute atomic E-state index is 11.4. The van der Waals surface area contributed by atoms with Crippen molar-refractivity contribution >= 4 is 10.0 Å². The highest BCUT2D eigenvalue weighted by Crippen LogP contribution is 2.29. The van der Waals surface area contributed by atoms with Crippen molar-refractivity contribution in [3.8, 4) is 0 Å². The van der Waals surface area contributed by atoms with Crippen molar-refractivity contribution < 1.29 is 13.2 Å². The third-order valence-corrected chi connectivity index (χ3v) is 3.66. The Hall–Kier alpha value is -0.920. The molecule has 0 bridgehead atoms. The van der Waals surface area contributed by atoms with Crippen molar-refractivity contribution in [2.75, 3.05) is 13.2 Å². The second kappa shape index (κ2) is 4.15. The molecular weight excluding hydrogens is 230 g/mol. The van der Waals surface area contributed by atoms with Crippen LogP contribution in [0.2, 0.25) is 0 Å². The Morgan fingerprint density at radius 3 is 2.69 bits per heavy atom. The summed E-state index contributed by atoms with van der Waals surface area (Å²) in [6.45, 7) is 1.29. The van der Waals surface area contributed by atoms with Gasteiger partial charge in [-0.2, -0.15) is 5.10 Å². The third-order valence-electron chi connectivity index (χ3n) is 2.74. The quantitative estimate of drug-likeness (QED) is 0.792. The van der Waals surface area contributed by atoms with Crippen LogP contribution in [0.5, 0.6) is 0 Å². The molecule has 1 saturated heterocycles. The van der Waals surface area contributed by atoms with Gasteiger partial charge in [0.1, 0.15) is 4.90 Å². The lowest BCUT2D eigenvalue weighted by atomic mass is 9.97. The lowest BCUT2D eigenvalue weighted by molar-refractivity contribution is 0.0838. The van der Waals surface area contributed by atoms with Crippen molar-refractivity contribution in [3.63, 3.8) is 0 Å². The van der Waals surface area contributed by atoms with Gasteiger partial charge in [0.15, 0.2) is 0 Å². The molecule has 1 aliphatic heterocycles. The number of aromatic nitrogens is 2. The molecule has 0 aliphatic carbocycles. The molecule has 1 aliphatic rings. The van der Waals surface area contributed by atoms with Gasteiger partial charge in [0.05, 0.1) is 5.69 Å². The molecule has 1 aromatic rings. The maximum Gasteiger partial charge on any atom is 0.241 e. The molecule has 2 rings (SSSR count). The van der Waals surface area contributed by atoms with Crippen molar-refractivity contribution in [2.24, 2.45) is 12.2 Å². The molecule has 0 amide bonds. The standard InChI is InChI=1S/C9H15N3O3S/c1-12-6-8(16(10,13)14)9(11-12)7-2-4-15-5-3-7/h6-7H,2-5H2,1H3,(H2,10,13,14). The summed E-state index contributed by atoms with van der Waals surface area (Å²) >= 11 is 0. The van der Waals surface area contributed by atoms with E-state index >= 15 is 0 Å². The molecule has 16 heavy (non-hydrogen) atoms. The number of primary sulfonamides is 1. The Kier molecular flexibility index (Phi) is 3.00. The summed E-state index contributed by atoms with van der Waals surface area (Å²) in [7, 11) is -1.99. The summed E-state index contributed by atoms with van der Waals surface area (Å²) in [6, 6.07) is 0. The first-order chi connectivity index (χ1) is 7.48. The molecule has 1 fully saturated rings. The van der Waals surface area contributed by atoms with Crippen LogP contribution in [0, 0.1) is 0 Å². The molecule has 0 radical (unpaired) electrons. The monoisotopic (exact) mass is 245 g/mol. The Morgan fingerprint density at radius 1 is 1.50 bits per heavy atom. The average molecular weight is 245 g/mol. The summed E-state index contributed by atoms with van der Waals surface area (Å²) in [5.74, 6) is 0.128. The van der Waals surface area contributed by atoms with E-state index in [1.165, 1.54) is 10.9 Å². The lowest BCUT2D eigenvalue weighted by Gasteiger charge is -2.20. The van der Waals surface area contributed by atoms with E-state index in [1.54, 1.807) is 7.05 Å². The maximum atomic E-state index is 11.4. The number of hydrogen-bond donors (Lipinski definition) is 1. The average Bonchev–Trinajstić information content (AvgIpc) is 2.61. The lowest BCUT2D eigenvalue weighted by Crippen LogP contribution is -2.19. The first kappa shape index (κ1) is 11.6. The van der Waals surface area contributed by atoms with E-state index < -0.39 is 10.0 Å². The van der Waals surface area contributed by atoms with E-state index in [9.17, 15) is 8.42 Å². The first-order valence-electron chi connectivity index (χ1n) is 5.12. The highest BCUT2D eigenvalue weighted by Gasteiger charge is 2.26. The first-order valence-corrected chi connectivity index (χ1v) is 6.67. The summed E-state index contributed by atoms with van der Waals surface area (Å²) in [4.78, 5) is 0.141. The van der Waals surface area contributed by atoms with Crippen LogP contribution in [0.15, 0.2) is 11.1 Å². The van der Waals surface area contributed by atoms with Crippen LogP contribution in [0.25, 0.3) is 0 Å². The molecular formula is C9H15N3O3S. The van der Waals surface area contributed by atoms with Crippen LogP contribution in [0.1, 0.15) is 24.5 Å². The zero-order valence-electron chi connectivity index (χ0n) is 9.09. The van der Waals surface area contributed by atoms with Gasteiger partial charge in [-0.3, -0.25) is 4.68 Å². The summed E-state index contributed by atoms with van der Waals surface area (Å²) in [5, 5.41) is 9.37. The van der Waals surface area contributed by atoms with Gasteiger partial charge in [-0.1, -0.05) is 0 Å². The number of sulfonamides is 1. The number of rotatable bonds is 2. The van der Waals surface area contributed by atoms with E-state index in [0.717, 1.165) is 12.8 Å².